The van der Waals surface area contributed by atoms with E-state index in [2.05, 4.69) is 5.32 Å². The first-order valence-electron chi connectivity index (χ1n) is 7.83. The minimum Gasteiger partial charge on any atom is -0.339 e. The van der Waals surface area contributed by atoms with Crippen molar-refractivity contribution < 1.29 is 9.59 Å². The normalized spacial score (nSPS) is 10.2. The van der Waals surface area contributed by atoms with Crippen LogP contribution in [0.5, 0.6) is 0 Å². The van der Waals surface area contributed by atoms with Gasteiger partial charge in [0.1, 0.15) is 0 Å². The summed E-state index contributed by atoms with van der Waals surface area (Å²) >= 11 is 0. The topological polar surface area (TPSA) is 49.4 Å². The molecule has 0 saturated carbocycles. The lowest BCUT2D eigenvalue weighted by Gasteiger charge is -2.20. The second-order valence-corrected chi connectivity index (χ2v) is 5.34. The van der Waals surface area contributed by atoms with Gasteiger partial charge in [-0.05, 0) is 45.0 Å². The number of hydrogen-bond donors (Lipinski definition) is 1. The number of carbonyl (C=O) groups excluding carboxylic acids is 2. The second-order valence-electron chi connectivity index (χ2n) is 5.34. The number of benzene rings is 2. The van der Waals surface area contributed by atoms with Gasteiger partial charge in [0.15, 0.2) is 0 Å². The minimum absolute atomic E-state index is 0.0743. The van der Waals surface area contributed by atoms with Crippen molar-refractivity contribution in [2.75, 3.05) is 18.4 Å². The molecule has 120 valence electrons. The number of hydrogen-bond acceptors (Lipinski definition) is 2. The van der Waals surface area contributed by atoms with Crippen LogP contribution in [0.2, 0.25) is 0 Å². The van der Waals surface area contributed by atoms with Crippen LogP contribution >= 0.6 is 0 Å². The third-order valence-electron chi connectivity index (χ3n) is 3.77. The summed E-state index contributed by atoms with van der Waals surface area (Å²) in [6.07, 6.45) is 0. The van der Waals surface area contributed by atoms with Gasteiger partial charge >= 0.3 is 0 Å². The molecule has 23 heavy (non-hydrogen) atoms. The Morgan fingerprint density at radius 1 is 0.957 bits per heavy atom. The van der Waals surface area contributed by atoms with Crippen molar-refractivity contribution in [2.24, 2.45) is 0 Å². The largest absolute Gasteiger partial charge is 0.339 e. The predicted octanol–water partition coefficient (Wildman–Crippen LogP) is 3.73. The van der Waals surface area contributed by atoms with Crippen LogP contribution in [-0.2, 0) is 0 Å². The highest BCUT2D eigenvalue weighted by Gasteiger charge is 2.17. The number of nitrogens with zero attached hydrogens (tertiary/aromatic N) is 1. The SMILES string of the molecule is CCN(CC)C(=O)c1ccccc1NC(=O)c1ccc(C)cc1. The van der Waals surface area contributed by atoms with E-state index in [9.17, 15) is 9.59 Å². The van der Waals surface area contributed by atoms with Gasteiger partial charge < -0.3 is 10.2 Å². The van der Waals surface area contributed by atoms with E-state index >= 15 is 0 Å². The summed E-state index contributed by atoms with van der Waals surface area (Å²) in [6.45, 7) is 7.12. The standard InChI is InChI=1S/C19H22N2O2/c1-4-21(5-2)19(23)16-8-6-7-9-17(16)20-18(22)15-12-10-14(3)11-13-15/h6-13H,4-5H2,1-3H3,(H,20,22). The molecule has 4 heteroatoms. The van der Waals surface area contributed by atoms with Gasteiger partial charge in [0.2, 0.25) is 0 Å². The maximum absolute atomic E-state index is 12.6. The molecule has 2 aromatic carbocycles. The third-order valence-corrected chi connectivity index (χ3v) is 3.77. The number of rotatable bonds is 5. The summed E-state index contributed by atoms with van der Waals surface area (Å²) in [5.74, 6) is -0.292. The number of amides is 2. The van der Waals surface area contributed by atoms with E-state index in [-0.39, 0.29) is 11.8 Å². The van der Waals surface area contributed by atoms with Crippen LogP contribution in [0.4, 0.5) is 5.69 Å². The van der Waals surface area contributed by atoms with Gasteiger partial charge in [0.05, 0.1) is 11.3 Å². The van der Waals surface area contributed by atoms with Crippen LogP contribution in [0.3, 0.4) is 0 Å². The molecule has 0 unspecified atom stereocenters. The van der Waals surface area contributed by atoms with E-state index < -0.39 is 0 Å². The molecule has 0 radical (unpaired) electrons. The van der Waals surface area contributed by atoms with Crippen molar-refractivity contribution in [3.63, 3.8) is 0 Å². The summed E-state index contributed by atoms with van der Waals surface area (Å²) in [5, 5.41) is 2.84. The lowest BCUT2D eigenvalue weighted by atomic mass is 10.1. The van der Waals surface area contributed by atoms with Crippen molar-refractivity contribution >= 4 is 17.5 Å². The van der Waals surface area contributed by atoms with Gasteiger partial charge in [-0.25, -0.2) is 0 Å². The van der Waals surface area contributed by atoms with Crippen molar-refractivity contribution in [3.05, 3.63) is 65.2 Å². The van der Waals surface area contributed by atoms with Crippen molar-refractivity contribution in [2.45, 2.75) is 20.8 Å². The van der Waals surface area contributed by atoms with E-state index in [4.69, 9.17) is 0 Å². The smallest absolute Gasteiger partial charge is 0.255 e. The maximum Gasteiger partial charge on any atom is 0.255 e. The molecular formula is C19H22N2O2. The van der Waals surface area contributed by atoms with Crippen molar-refractivity contribution in [1.82, 2.24) is 4.90 Å². The average Bonchev–Trinajstić information content (AvgIpc) is 2.57. The molecule has 2 rings (SSSR count). The van der Waals surface area contributed by atoms with Gasteiger partial charge in [-0.15, -0.1) is 0 Å². The molecule has 1 N–H and O–H groups in total. The molecule has 0 aliphatic carbocycles. The van der Waals surface area contributed by atoms with Crippen LogP contribution in [0.1, 0.15) is 40.1 Å². The Morgan fingerprint density at radius 3 is 2.17 bits per heavy atom. The molecule has 0 aromatic heterocycles. The molecule has 0 heterocycles. The summed E-state index contributed by atoms with van der Waals surface area (Å²) in [5.41, 5.74) is 2.71. The van der Waals surface area contributed by atoms with E-state index in [1.807, 2.05) is 39.0 Å². The van der Waals surface area contributed by atoms with Crippen molar-refractivity contribution in [1.29, 1.82) is 0 Å². The average molecular weight is 310 g/mol. The zero-order valence-corrected chi connectivity index (χ0v) is 13.8. The number of anilines is 1. The highest BCUT2D eigenvalue weighted by molar-refractivity contribution is 6.09. The fraction of sp³-hybridized carbons (Fsp3) is 0.263. The predicted molar refractivity (Wildman–Crippen MR) is 92.8 cm³/mol. The van der Waals surface area contributed by atoms with E-state index in [1.54, 1.807) is 35.2 Å². The monoisotopic (exact) mass is 310 g/mol. The number of aryl methyl sites for hydroxylation is 1. The summed E-state index contributed by atoms with van der Waals surface area (Å²) < 4.78 is 0. The fourth-order valence-corrected chi connectivity index (χ4v) is 2.36. The molecule has 4 nitrogen and oxygen atoms in total. The first-order chi connectivity index (χ1) is 11.1. The van der Waals surface area contributed by atoms with Crippen LogP contribution in [-0.4, -0.2) is 29.8 Å². The zero-order chi connectivity index (χ0) is 16.8. The molecule has 2 aromatic rings. The summed E-state index contributed by atoms with van der Waals surface area (Å²) in [7, 11) is 0. The van der Waals surface area contributed by atoms with Crippen LogP contribution in [0, 0.1) is 6.92 Å². The Hall–Kier alpha value is -2.62. The Bertz CT molecular complexity index is 689. The fourth-order valence-electron chi connectivity index (χ4n) is 2.36. The Morgan fingerprint density at radius 2 is 1.57 bits per heavy atom. The molecule has 0 aliphatic rings. The lowest BCUT2D eigenvalue weighted by molar-refractivity contribution is 0.0774. The van der Waals surface area contributed by atoms with Crippen LogP contribution in [0.15, 0.2) is 48.5 Å². The van der Waals surface area contributed by atoms with Gasteiger partial charge in [-0.3, -0.25) is 9.59 Å². The van der Waals surface area contributed by atoms with E-state index in [1.165, 1.54) is 0 Å². The molecule has 0 aliphatic heterocycles. The first-order valence-corrected chi connectivity index (χ1v) is 7.83. The molecule has 0 bridgehead atoms. The van der Waals surface area contributed by atoms with E-state index in [0.29, 0.717) is 29.9 Å². The Labute approximate surface area is 137 Å². The van der Waals surface area contributed by atoms with Gasteiger partial charge in [0, 0.05) is 18.7 Å². The highest BCUT2D eigenvalue weighted by Crippen LogP contribution is 2.18. The molecular weight excluding hydrogens is 288 g/mol. The number of nitrogens with one attached hydrogen (secondary N) is 1. The van der Waals surface area contributed by atoms with Gasteiger partial charge in [0.25, 0.3) is 11.8 Å². The first kappa shape index (κ1) is 16.7. The second kappa shape index (κ2) is 7.58. The third kappa shape index (κ3) is 3.97. The minimum atomic E-state index is -0.218. The quantitative estimate of drug-likeness (QED) is 0.915. The molecule has 2 amide bonds. The highest BCUT2D eigenvalue weighted by atomic mass is 16.2. The van der Waals surface area contributed by atoms with Crippen LogP contribution < -0.4 is 5.32 Å². The summed E-state index contributed by atoms with van der Waals surface area (Å²) in [4.78, 5) is 26.7. The number of para-hydroxylation sites is 1. The van der Waals surface area contributed by atoms with Crippen LogP contribution in [0.25, 0.3) is 0 Å². The molecule has 0 saturated heterocycles. The summed E-state index contributed by atoms with van der Waals surface area (Å²) in [6, 6.07) is 14.4. The maximum atomic E-state index is 12.6. The van der Waals surface area contributed by atoms with Gasteiger partial charge in [-0.2, -0.15) is 0 Å². The molecule has 0 fully saturated rings. The lowest BCUT2D eigenvalue weighted by Crippen LogP contribution is -2.31. The van der Waals surface area contributed by atoms with Crippen molar-refractivity contribution in [3.8, 4) is 0 Å². The van der Waals surface area contributed by atoms with Gasteiger partial charge in [-0.1, -0.05) is 29.8 Å². The molecule has 0 spiro atoms. The molecule has 0 atom stereocenters. The Balaban J connectivity index is 2.25. The zero-order valence-electron chi connectivity index (χ0n) is 13.8. The van der Waals surface area contributed by atoms with E-state index in [0.717, 1.165) is 5.56 Å². The number of carbonyl (C=O) groups is 2. The Kier molecular flexibility index (Phi) is 5.52.